The number of nitrogens with one attached hydrogen (secondary N) is 2. The summed E-state index contributed by atoms with van der Waals surface area (Å²) in [6.07, 6.45) is 8.80. The summed E-state index contributed by atoms with van der Waals surface area (Å²) in [7, 11) is 0. The fourth-order valence-electron chi connectivity index (χ4n) is 4.04. The van der Waals surface area contributed by atoms with Crippen LogP contribution in [0.5, 0.6) is 5.75 Å². The highest BCUT2D eigenvalue weighted by Gasteiger charge is 2.20. The molecule has 4 rings (SSSR count). The zero-order chi connectivity index (χ0) is 17.8. The Bertz CT molecular complexity index is 753. The van der Waals surface area contributed by atoms with Crippen LogP contribution in [0.25, 0.3) is 0 Å². The Hall–Kier alpha value is -2.07. The van der Waals surface area contributed by atoms with Crippen LogP contribution in [0.3, 0.4) is 0 Å². The van der Waals surface area contributed by atoms with Gasteiger partial charge in [-0.3, -0.25) is 0 Å². The second-order valence-electron chi connectivity index (χ2n) is 7.29. The van der Waals surface area contributed by atoms with Crippen molar-refractivity contribution < 1.29 is 4.74 Å². The van der Waals surface area contributed by atoms with E-state index in [1.807, 2.05) is 24.3 Å². The van der Waals surface area contributed by atoms with Crippen molar-refractivity contribution in [2.45, 2.75) is 57.1 Å². The smallest absolute Gasteiger partial charge is 0.171 e. The van der Waals surface area contributed by atoms with Gasteiger partial charge < -0.3 is 15.4 Å². The Morgan fingerprint density at radius 2 is 1.69 bits per heavy atom. The number of ether oxygens (including phenoxy) is 1. The molecule has 0 spiro atoms. The molecule has 2 aromatic carbocycles. The van der Waals surface area contributed by atoms with Gasteiger partial charge in [-0.25, -0.2) is 0 Å². The van der Waals surface area contributed by atoms with E-state index < -0.39 is 0 Å². The minimum Gasteiger partial charge on any atom is -0.490 e. The summed E-state index contributed by atoms with van der Waals surface area (Å²) in [5.41, 5.74) is 3.81. The molecule has 0 amide bonds. The Morgan fingerprint density at radius 1 is 0.923 bits per heavy atom. The average Bonchev–Trinajstić information content (AvgIpc) is 3.17. The Labute approximate surface area is 161 Å². The lowest BCUT2D eigenvalue weighted by molar-refractivity contribution is 0.210. The van der Waals surface area contributed by atoms with Gasteiger partial charge in [-0.2, -0.15) is 0 Å². The molecule has 0 saturated heterocycles. The third-order valence-corrected chi connectivity index (χ3v) is 5.61. The number of anilines is 1. The van der Waals surface area contributed by atoms with E-state index >= 15 is 0 Å². The van der Waals surface area contributed by atoms with Crippen LogP contribution in [0.2, 0.25) is 0 Å². The lowest BCUT2D eigenvalue weighted by Gasteiger charge is -2.27. The molecule has 2 N–H and O–H groups in total. The first-order chi connectivity index (χ1) is 12.8. The number of thiocarbonyl (C=S) groups is 1. The Kier molecular flexibility index (Phi) is 5.40. The van der Waals surface area contributed by atoms with Gasteiger partial charge in [0.2, 0.25) is 0 Å². The highest BCUT2D eigenvalue weighted by atomic mass is 32.1. The fourth-order valence-corrected chi connectivity index (χ4v) is 4.30. The van der Waals surface area contributed by atoms with Crippen molar-refractivity contribution >= 4 is 23.0 Å². The molecule has 3 nitrogen and oxygen atoms in total. The maximum Gasteiger partial charge on any atom is 0.171 e. The predicted octanol–water partition coefficient (Wildman–Crippen LogP) is 5.37. The highest BCUT2D eigenvalue weighted by Crippen LogP contribution is 2.29. The molecular formula is C22H26N2OS. The van der Waals surface area contributed by atoms with Gasteiger partial charge in [0.15, 0.2) is 5.11 Å². The summed E-state index contributed by atoms with van der Waals surface area (Å²) in [6.45, 7) is 0. The largest absolute Gasteiger partial charge is 0.490 e. The predicted molar refractivity (Wildman–Crippen MR) is 111 cm³/mol. The van der Waals surface area contributed by atoms with Gasteiger partial charge in [-0.15, -0.1) is 0 Å². The summed E-state index contributed by atoms with van der Waals surface area (Å²) in [6, 6.07) is 17.1. The van der Waals surface area contributed by atoms with Crippen molar-refractivity contribution in [1.82, 2.24) is 5.32 Å². The van der Waals surface area contributed by atoms with Crippen molar-refractivity contribution in [1.29, 1.82) is 0 Å². The van der Waals surface area contributed by atoms with E-state index in [1.54, 1.807) is 0 Å². The first-order valence-corrected chi connectivity index (χ1v) is 10.1. The van der Waals surface area contributed by atoms with E-state index in [0.29, 0.717) is 17.3 Å². The summed E-state index contributed by atoms with van der Waals surface area (Å²) in [4.78, 5) is 0. The molecule has 4 heteroatoms. The van der Waals surface area contributed by atoms with Crippen LogP contribution in [0.4, 0.5) is 5.69 Å². The summed E-state index contributed by atoms with van der Waals surface area (Å²) < 4.78 is 6.02. The zero-order valence-corrected chi connectivity index (χ0v) is 15.9. The quantitative estimate of drug-likeness (QED) is 0.713. The van der Waals surface area contributed by atoms with Gasteiger partial charge in [0.05, 0.1) is 12.1 Å². The van der Waals surface area contributed by atoms with Crippen LogP contribution in [0.1, 0.15) is 55.7 Å². The van der Waals surface area contributed by atoms with Crippen LogP contribution >= 0.6 is 12.2 Å². The average molecular weight is 367 g/mol. The number of benzene rings is 2. The molecule has 0 bridgehead atoms. The number of fused-ring (bicyclic) bond motifs is 1. The first-order valence-electron chi connectivity index (χ1n) is 9.70. The van der Waals surface area contributed by atoms with Gasteiger partial charge >= 0.3 is 0 Å². The molecule has 26 heavy (non-hydrogen) atoms. The van der Waals surface area contributed by atoms with Crippen molar-refractivity contribution in [2.24, 2.45) is 0 Å². The zero-order valence-electron chi connectivity index (χ0n) is 15.0. The van der Waals surface area contributed by atoms with Crippen molar-refractivity contribution in [3.8, 4) is 5.75 Å². The number of rotatable bonds is 4. The first kappa shape index (κ1) is 17.3. The lowest BCUT2D eigenvalue weighted by Crippen LogP contribution is -2.34. The van der Waals surface area contributed by atoms with Crippen LogP contribution in [0.15, 0.2) is 48.5 Å². The molecular weight excluding hydrogens is 340 g/mol. The summed E-state index contributed by atoms with van der Waals surface area (Å²) >= 11 is 5.54. The van der Waals surface area contributed by atoms with E-state index in [9.17, 15) is 0 Å². The van der Waals surface area contributed by atoms with Crippen molar-refractivity contribution in [3.05, 3.63) is 59.7 Å². The van der Waals surface area contributed by atoms with Crippen LogP contribution in [-0.2, 0) is 6.42 Å². The maximum atomic E-state index is 6.02. The molecule has 0 heterocycles. The van der Waals surface area contributed by atoms with Crippen LogP contribution in [-0.4, -0.2) is 11.2 Å². The number of hydrogen-bond donors (Lipinski definition) is 2. The molecule has 2 aliphatic carbocycles. The minimum atomic E-state index is 0.296. The summed E-state index contributed by atoms with van der Waals surface area (Å²) in [5.74, 6) is 0.947. The third kappa shape index (κ3) is 4.18. The second kappa shape index (κ2) is 8.09. The van der Waals surface area contributed by atoms with Crippen molar-refractivity contribution in [3.63, 3.8) is 0 Å². The standard InChI is InChI=1S/C22H26N2OS/c26-22(24-21-11-5-7-16-6-1-4-10-20(16)21)23-17-12-14-19(15-13-17)25-18-8-2-3-9-18/h1,4,6,10,12-15,18,21H,2-3,5,7-9,11H2,(H2,23,24,26)/t21-/m1/s1. The van der Waals surface area contributed by atoms with Crippen LogP contribution in [0, 0.1) is 0 Å². The molecule has 0 unspecified atom stereocenters. The van der Waals surface area contributed by atoms with E-state index in [0.717, 1.165) is 24.3 Å². The fraction of sp³-hybridized carbons (Fsp3) is 0.409. The topological polar surface area (TPSA) is 33.3 Å². The summed E-state index contributed by atoms with van der Waals surface area (Å²) in [5, 5.41) is 7.47. The molecule has 0 aliphatic heterocycles. The Balaban J connectivity index is 1.33. The Morgan fingerprint density at radius 3 is 2.50 bits per heavy atom. The van der Waals surface area contributed by atoms with Gasteiger partial charge in [-0.05, 0) is 92.6 Å². The number of aryl methyl sites for hydroxylation is 1. The van der Waals surface area contributed by atoms with Crippen LogP contribution < -0.4 is 15.4 Å². The molecule has 2 aromatic rings. The molecule has 0 radical (unpaired) electrons. The molecule has 1 atom stereocenters. The molecule has 1 saturated carbocycles. The van der Waals surface area contributed by atoms with Gasteiger partial charge in [0.25, 0.3) is 0 Å². The van der Waals surface area contributed by atoms with E-state index in [1.165, 1.54) is 43.2 Å². The van der Waals surface area contributed by atoms with Gasteiger partial charge in [-0.1, -0.05) is 24.3 Å². The maximum absolute atomic E-state index is 6.02. The molecule has 2 aliphatic rings. The SMILES string of the molecule is S=C(Nc1ccc(OC2CCCC2)cc1)N[C@@H]1CCCc2ccccc21. The third-order valence-electron chi connectivity index (χ3n) is 5.39. The normalized spacial score (nSPS) is 19.6. The van der Waals surface area contributed by atoms with Gasteiger partial charge in [0.1, 0.15) is 5.75 Å². The van der Waals surface area contributed by atoms with E-state index in [-0.39, 0.29) is 0 Å². The van der Waals surface area contributed by atoms with Crippen molar-refractivity contribution in [2.75, 3.05) is 5.32 Å². The number of hydrogen-bond acceptors (Lipinski definition) is 2. The second-order valence-corrected chi connectivity index (χ2v) is 7.70. The molecule has 1 fully saturated rings. The van der Waals surface area contributed by atoms with Gasteiger partial charge in [0, 0.05) is 5.69 Å². The van der Waals surface area contributed by atoms with E-state index in [2.05, 4.69) is 34.9 Å². The highest BCUT2D eigenvalue weighted by molar-refractivity contribution is 7.80. The lowest BCUT2D eigenvalue weighted by atomic mass is 9.88. The minimum absolute atomic E-state index is 0.296. The molecule has 136 valence electrons. The molecule has 0 aromatic heterocycles. The monoisotopic (exact) mass is 366 g/mol. The van der Waals surface area contributed by atoms with E-state index in [4.69, 9.17) is 17.0 Å².